The first-order valence-corrected chi connectivity index (χ1v) is 6.93. The zero-order chi connectivity index (χ0) is 14.3. The van der Waals surface area contributed by atoms with Crippen LogP contribution in [0.3, 0.4) is 0 Å². The summed E-state index contributed by atoms with van der Waals surface area (Å²) in [5, 5.41) is 4.54. The maximum Gasteiger partial charge on any atom is 0.277 e. The molecule has 0 bridgehead atoms. The van der Waals surface area contributed by atoms with Crippen molar-refractivity contribution in [2.75, 3.05) is 18.4 Å². The number of carbonyl (C=O) groups excluding carboxylic acids is 1. The van der Waals surface area contributed by atoms with Crippen molar-refractivity contribution < 1.29 is 9.53 Å². The molecule has 0 saturated heterocycles. The number of alkyl halides is 2. The fraction of sp³-hybridized carbons (Fsp3) is 0.273. The summed E-state index contributed by atoms with van der Waals surface area (Å²) in [6, 6.07) is 4.70. The lowest BCUT2D eigenvalue weighted by Gasteiger charge is -2.07. The van der Waals surface area contributed by atoms with Crippen molar-refractivity contribution >= 4 is 58.0 Å². The smallest absolute Gasteiger partial charge is 0.277 e. The Morgan fingerprint density at radius 3 is 2.53 bits per heavy atom. The molecule has 1 N–H and O–H groups in total. The molecule has 8 heteroatoms. The van der Waals surface area contributed by atoms with Gasteiger partial charge in [0.15, 0.2) is 6.61 Å². The number of halogens is 4. The van der Waals surface area contributed by atoms with E-state index in [2.05, 4.69) is 10.5 Å². The van der Waals surface area contributed by atoms with E-state index in [9.17, 15) is 4.79 Å². The van der Waals surface area contributed by atoms with Crippen LogP contribution in [0, 0.1) is 0 Å². The van der Waals surface area contributed by atoms with Crippen molar-refractivity contribution in [3.8, 4) is 5.75 Å². The molecule has 0 heterocycles. The summed E-state index contributed by atoms with van der Waals surface area (Å²) in [5.41, 5.74) is 2.73. The first-order valence-electron chi connectivity index (χ1n) is 5.11. The largest absolute Gasteiger partial charge is 0.482 e. The lowest BCUT2D eigenvalue weighted by atomic mass is 10.3. The molecule has 1 rings (SSSR count). The number of ether oxygens (including phenoxy) is 1. The predicted molar refractivity (Wildman–Crippen MR) is 79.0 cm³/mol. The number of benzene rings is 1. The summed E-state index contributed by atoms with van der Waals surface area (Å²) in [7, 11) is 0. The molecular weight excluding hydrogens is 334 g/mol. The fourth-order valence-electron chi connectivity index (χ4n) is 1.00. The van der Waals surface area contributed by atoms with E-state index in [0.29, 0.717) is 21.5 Å². The molecule has 0 saturated carbocycles. The monoisotopic (exact) mass is 342 g/mol. The Hall–Kier alpha value is -0.680. The maximum absolute atomic E-state index is 11.4. The molecule has 4 nitrogen and oxygen atoms in total. The van der Waals surface area contributed by atoms with Gasteiger partial charge in [0.05, 0.1) is 22.5 Å². The Balaban J connectivity index is 2.48. The van der Waals surface area contributed by atoms with Gasteiger partial charge in [-0.2, -0.15) is 5.10 Å². The molecular formula is C11H10Cl4N2O2. The Kier molecular flexibility index (Phi) is 7.31. The minimum Gasteiger partial charge on any atom is -0.482 e. The van der Waals surface area contributed by atoms with Gasteiger partial charge in [-0.25, -0.2) is 5.43 Å². The van der Waals surface area contributed by atoms with Crippen LogP contribution in [-0.2, 0) is 4.79 Å². The van der Waals surface area contributed by atoms with Gasteiger partial charge in [-0.15, -0.1) is 23.2 Å². The SMILES string of the molecule is O=C(COc1ccc(Cl)cc1Cl)NN=C(CCl)CCl. The number of nitrogens with one attached hydrogen (secondary N) is 1. The molecule has 0 atom stereocenters. The van der Waals surface area contributed by atoms with Crippen LogP contribution in [0.25, 0.3) is 0 Å². The van der Waals surface area contributed by atoms with E-state index in [4.69, 9.17) is 51.1 Å². The average Bonchev–Trinajstić information content (AvgIpc) is 2.39. The standard InChI is InChI=1S/C11H10Cl4N2O2/c12-4-8(5-13)16-17-11(18)6-19-10-2-1-7(14)3-9(10)15/h1-3H,4-6H2,(H,17,18). The van der Waals surface area contributed by atoms with E-state index in [1.165, 1.54) is 6.07 Å². The van der Waals surface area contributed by atoms with Crippen molar-refractivity contribution in [1.82, 2.24) is 5.43 Å². The Labute approximate surface area is 130 Å². The highest BCUT2D eigenvalue weighted by Crippen LogP contribution is 2.27. The third kappa shape index (κ3) is 5.87. The van der Waals surface area contributed by atoms with Crippen LogP contribution in [0.15, 0.2) is 23.3 Å². The second-order valence-electron chi connectivity index (χ2n) is 3.34. The molecule has 0 aliphatic carbocycles. The van der Waals surface area contributed by atoms with Gasteiger partial charge in [0, 0.05) is 5.02 Å². The van der Waals surface area contributed by atoms with Crippen molar-refractivity contribution in [2.45, 2.75) is 0 Å². The van der Waals surface area contributed by atoms with Gasteiger partial charge < -0.3 is 4.74 Å². The van der Waals surface area contributed by atoms with Gasteiger partial charge in [0.1, 0.15) is 5.75 Å². The molecule has 0 spiro atoms. The van der Waals surface area contributed by atoms with Crippen LogP contribution in [0.4, 0.5) is 0 Å². The van der Waals surface area contributed by atoms with Crippen LogP contribution in [0.2, 0.25) is 10.0 Å². The number of hydrogen-bond acceptors (Lipinski definition) is 3. The van der Waals surface area contributed by atoms with E-state index in [-0.39, 0.29) is 18.4 Å². The molecule has 0 aliphatic heterocycles. The quantitative estimate of drug-likeness (QED) is 0.489. The predicted octanol–water partition coefficient (Wildman–Crippen LogP) is 3.32. The van der Waals surface area contributed by atoms with Gasteiger partial charge >= 0.3 is 0 Å². The third-order valence-electron chi connectivity index (χ3n) is 1.90. The summed E-state index contributed by atoms with van der Waals surface area (Å²) in [6.45, 7) is -0.233. The fourth-order valence-corrected chi connectivity index (χ4v) is 1.87. The molecule has 0 radical (unpaired) electrons. The molecule has 0 aromatic heterocycles. The number of rotatable bonds is 6. The summed E-state index contributed by atoms with van der Waals surface area (Å²) < 4.78 is 5.22. The first kappa shape index (κ1) is 16.4. The number of hydrogen-bond donors (Lipinski definition) is 1. The van der Waals surface area contributed by atoms with E-state index < -0.39 is 5.91 Å². The van der Waals surface area contributed by atoms with Crippen molar-refractivity contribution in [2.24, 2.45) is 5.10 Å². The van der Waals surface area contributed by atoms with E-state index in [1.54, 1.807) is 12.1 Å². The Bertz CT molecular complexity index is 474. The van der Waals surface area contributed by atoms with E-state index >= 15 is 0 Å². The number of hydrazone groups is 1. The van der Waals surface area contributed by atoms with Gasteiger partial charge in [0.25, 0.3) is 5.91 Å². The minimum absolute atomic E-state index is 0.146. The normalized spacial score (nSPS) is 9.89. The molecule has 0 unspecified atom stereocenters. The van der Waals surface area contributed by atoms with E-state index in [1.807, 2.05) is 0 Å². The van der Waals surface area contributed by atoms with Crippen molar-refractivity contribution in [3.05, 3.63) is 28.2 Å². The summed E-state index contributed by atoms with van der Waals surface area (Å²) >= 11 is 22.7. The second kappa shape index (κ2) is 8.48. The van der Waals surface area contributed by atoms with Crippen molar-refractivity contribution in [1.29, 1.82) is 0 Å². The van der Waals surface area contributed by atoms with Crippen LogP contribution >= 0.6 is 46.4 Å². The molecule has 1 aromatic carbocycles. The summed E-state index contributed by atoms with van der Waals surface area (Å²) in [6.07, 6.45) is 0. The second-order valence-corrected chi connectivity index (χ2v) is 4.72. The van der Waals surface area contributed by atoms with Crippen LogP contribution in [0.1, 0.15) is 0 Å². The van der Waals surface area contributed by atoms with Crippen LogP contribution in [0.5, 0.6) is 5.75 Å². The van der Waals surface area contributed by atoms with Crippen LogP contribution in [-0.4, -0.2) is 30.0 Å². The highest BCUT2D eigenvalue weighted by molar-refractivity contribution is 6.37. The van der Waals surface area contributed by atoms with E-state index in [0.717, 1.165) is 0 Å². The lowest BCUT2D eigenvalue weighted by Crippen LogP contribution is -2.26. The minimum atomic E-state index is -0.446. The maximum atomic E-state index is 11.4. The molecule has 19 heavy (non-hydrogen) atoms. The molecule has 0 aliphatic rings. The van der Waals surface area contributed by atoms with Gasteiger partial charge in [0.2, 0.25) is 0 Å². The number of amides is 1. The lowest BCUT2D eigenvalue weighted by molar-refractivity contribution is -0.123. The Morgan fingerprint density at radius 1 is 1.26 bits per heavy atom. The van der Waals surface area contributed by atoms with Gasteiger partial charge in [-0.05, 0) is 18.2 Å². The topological polar surface area (TPSA) is 50.7 Å². The zero-order valence-electron chi connectivity index (χ0n) is 9.63. The van der Waals surface area contributed by atoms with Crippen molar-refractivity contribution in [3.63, 3.8) is 0 Å². The Morgan fingerprint density at radius 2 is 1.95 bits per heavy atom. The first-order chi connectivity index (χ1) is 9.06. The third-order valence-corrected chi connectivity index (χ3v) is 3.05. The molecule has 0 fully saturated rings. The number of carbonyl (C=O) groups is 1. The molecule has 1 aromatic rings. The molecule has 104 valence electrons. The molecule has 1 amide bonds. The van der Waals surface area contributed by atoms with Gasteiger partial charge in [-0.1, -0.05) is 23.2 Å². The van der Waals surface area contributed by atoms with Crippen LogP contribution < -0.4 is 10.2 Å². The van der Waals surface area contributed by atoms with Gasteiger partial charge in [-0.3, -0.25) is 4.79 Å². The zero-order valence-corrected chi connectivity index (χ0v) is 12.7. The highest BCUT2D eigenvalue weighted by Gasteiger charge is 2.06. The summed E-state index contributed by atoms with van der Waals surface area (Å²) in [4.78, 5) is 11.4. The summed E-state index contributed by atoms with van der Waals surface area (Å²) in [5.74, 6) is 0.209. The highest BCUT2D eigenvalue weighted by atomic mass is 35.5. The number of nitrogens with zero attached hydrogens (tertiary/aromatic N) is 1. The average molecular weight is 344 g/mol.